The first-order valence-electron chi connectivity index (χ1n) is 5.69. The van der Waals surface area contributed by atoms with E-state index in [1.54, 1.807) is 19.1 Å². The first-order valence-corrected chi connectivity index (χ1v) is 5.69. The van der Waals surface area contributed by atoms with Gasteiger partial charge in [0.25, 0.3) is 0 Å². The number of nitrogens with zero attached hydrogens (tertiary/aromatic N) is 1. The van der Waals surface area contributed by atoms with Crippen molar-refractivity contribution in [3.05, 3.63) is 33.9 Å². The predicted octanol–water partition coefficient (Wildman–Crippen LogP) is 2.02. The minimum absolute atomic E-state index is 0.0566. The standard InChI is InChI=1S/C12H13NO5/c1-2-17-11(14)6-8-7-18-12-9(8)4-3-5-10(12)13(15)16/h3-5,8H,2,6-7H2,1H3. The van der Waals surface area contributed by atoms with E-state index in [9.17, 15) is 14.9 Å². The lowest BCUT2D eigenvalue weighted by atomic mass is 9.97. The molecule has 0 bridgehead atoms. The van der Waals surface area contributed by atoms with E-state index in [0.717, 1.165) is 0 Å². The Morgan fingerprint density at radius 3 is 3.06 bits per heavy atom. The number of carbonyl (C=O) groups excluding carboxylic acids is 1. The van der Waals surface area contributed by atoms with E-state index >= 15 is 0 Å². The lowest BCUT2D eigenvalue weighted by molar-refractivity contribution is -0.385. The van der Waals surface area contributed by atoms with E-state index in [-0.39, 0.29) is 36.4 Å². The van der Waals surface area contributed by atoms with Gasteiger partial charge in [0.2, 0.25) is 5.75 Å². The zero-order chi connectivity index (χ0) is 13.1. The Morgan fingerprint density at radius 2 is 2.39 bits per heavy atom. The van der Waals surface area contributed by atoms with Crippen molar-refractivity contribution in [3.8, 4) is 5.75 Å². The van der Waals surface area contributed by atoms with E-state index in [2.05, 4.69) is 0 Å². The molecule has 0 saturated carbocycles. The molecule has 1 aliphatic heterocycles. The average molecular weight is 251 g/mol. The molecule has 18 heavy (non-hydrogen) atoms. The maximum atomic E-state index is 11.4. The van der Waals surface area contributed by atoms with Gasteiger partial charge in [-0.15, -0.1) is 0 Å². The van der Waals surface area contributed by atoms with Gasteiger partial charge >= 0.3 is 11.7 Å². The number of para-hydroxylation sites is 1. The molecule has 0 fully saturated rings. The molecule has 1 aromatic rings. The maximum absolute atomic E-state index is 11.4. The van der Waals surface area contributed by atoms with Crippen molar-refractivity contribution in [1.29, 1.82) is 0 Å². The van der Waals surface area contributed by atoms with Crippen molar-refractivity contribution >= 4 is 11.7 Å². The van der Waals surface area contributed by atoms with E-state index in [4.69, 9.17) is 9.47 Å². The van der Waals surface area contributed by atoms with Gasteiger partial charge in [-0.25, -0.2) is 0 Å². The summed E-state index contributed by atoms with van der Waals surface area (Å²) in [5.74, 6) is -0.207. The molecule has 1 heterocycles. The predicted molar refractivity (Wildman–Crippen MR) is 62.6 cm³/mol. The summed E-state index contributed by atoms with van der Waals surface area (Å²) in [5.41, 5.74) is 0.649. The summed E-state index contributed by atoms with van der Waals surface area (Å²) in [6, 6.07) is 4.74. The summed E-state index contributed by atoms with van der Waals surface area (Å²) in [4.78, 5) is 21.8. The van der Waals surface area contributed by atoms with Crippen LogP contribution < -0.4 is 4.74 Å². The van der Waals surface area contributed by atoms with Gasteiger partial charge in [0.05, 0.1) is 24.6 Å². The highest BCUT2D eigenvalue weighted by molar-refractivity contribution is 5.71. The SMILES string of the molecule is CCOC(=O)CC1COc2c1cccc2[N+](=O)[O-]. The molecule has 1 aromatic carbocycles. The molecule has 0 aromatic heterocycles. The van der Waals surface area contributed by atoms with Crippen LogP contribution in [0.5, 0.6) is 5.75 Å². The zero-order valence-electron chi connectivity index (χ0n) is 9.92. The molecule has 0 amide bonds. The van der Waals surface area contributed by atoms with Crippen LogP contribution in [0, 0.1) is 10.1 Å². The molecular weight excluding hydrogens is 238 g/mol. The number of fused-ring (bicyclic) bond motifs is 1. The maximum Gasteiger partial charge on any atom is 0.311 e. The second-order valence-electron chi connectivity index (χ2n) is 3.97. The lowest BCUT2D eigenvalue weighted by Gasteiger charge is -2.07. The largest absolute Gasteiger partial charge is 0.486 e. The van der Waals surface area contributed by atoms with Gasteiger partial charge in [-0.1, -0.05) is 12.1 Å². The summed E-state index contributed by atoms with van der Waals surface area (Å²) in [7, 11) is 0. The number of carbonyl (C=O) groups is 1. The quantitative estimate of drug-likeness (QED) is 0.464. The van der Waals surface area contributed by atoms with Gasteiger partial charge in [0, 0.05) is 17.5 Å². The van der Waals surface area contributed by atoms with Crippen molar-refractivity contribution in [2.45, 2.75) is 19.3 Å². The fourth-order valence-corrected chi connectivity index (χ4v) is 2.03. The van der Waals surface area contributed by atoms with Gasteiger partial charge in [-0.2, -0.15) is 0 Å². The van der Waals surface area contributed by atoms with Crippen LogP contribution in [-0.2, 0) is 9.53 Å². The third-order valence-electron chi connectivity index (χ3n) is 2.81. The molecular formula is C12H13NO5. The molecule has 6 nitrogen and oxygen atoms in total. The Bertz CT molecular complexity index is 485. The summed E-state index contributed by atoms with van der Waals surface area (Å²) in [6.07, 6.45) is 0.183. The molecule has 0 N–H and O–H groups in total. The lowest BCUT2D eigenvalue weighted by Crippen LogP contribution is -2.11. The number of hydrogen-bond acceptors (Lipinski definition) is 5. The van der Waals surface area contributed by atoms with Gasteiger partial charge in [0.15, 0.2) is 0 Å². The van der Waals surface area contributed by atoms with Crippen molar-refractivity contribution in [1.82, 2.24) is 0 Å². The van der Waals surface area contributed by atoms with Crippen LogP contribution in [0.3, 0.4) is 0 Å². The normalized spacial score (nSPS) is 16.8. The van der Waals surface area contributed by atoms with Crippen molar-refractivity contribution in [2.24, 2.45) is 0 Å². The van der Waals surface area contributed by atoms with Gasteiger partial charge in [-0.3, -0.25) is 14.9 Å². The third-order valence-corrected chi connectivity index (χ3v) is 2.81. The summed E-state index contributed by atoms with van der Waals surface area (Å²) in [6.45, 7) is 2.34. The minimum atomic E-state index is -0.481. The molecule has 1 unspecified atom stereocenters. The second-order valence-corrected chi connectivity index (χ2v) is 3.97. The Balaban J connectivity index is 2.21. The Kier molecular flexibility index (Phi) is 3.45. The smallest absolute Gasteiger partial charge is 0.311 e. The number of esters is 1. The van der Waals surface area contributed by atoms with Crippen LogP contribution in [0.15, 0.2) is 18.2 Å². The first kappa shape index (κ1) is 12.3. The number of rotatable bonds is 4. The number of ether oxygens (including phenoxy) is 2. The zero-order valence-corrected chi connectivity index (χ0v) is 9.92. The number of nitro benzene ring substituents is 1. The topological polar surface area (TPSA) is 78.7 Å². The highest BCUT2D eigenvalue weighted by atomic mass is 16.6. The van der Waals surface area contributed by atoms with E-state index in [0.29, 0.717) is 12.2 Å². The Labute approximate surface area is 104 Å². The monoisotopic (exact) mass is 251 g/mol. The van der Waals surface area contributed by atoms with Gasteiger partial charge in [0.1, 0.15) is 0 Å². The molecule has 1 aliphatic rings. The fourth-order valence-electron chi connectivity index (χ4n) is 2.03. The average Bonchev–Trinajstić information content (AvgIpc) is 2.72. The van der Waals surface area contributed by atoms with Crippen molar-refractivity contribution < 1.29 is 19.2 Å². The van der Waals surface area contributed by atoms with Crippen LogP contribution >= 0.6 is 0 Å². The molecule has 0 spiro atoms. The molecule has 2 rings (SSSR count). The number of nitro groups is 1. The fraction of sp³-hybridized carbons (Fsp3) is 0.417. The van der Waals surface area contributed by atoms with E-state index in [1.165, 1.54) is 6.07 Å². The summed E-state index contributed by atoms with van der Waals surface area (Å²) in [5, 5.41) is 10.8. The van der Waals surface area contributed by atoms with Crippen LogP contribution in [0.2, 0.25) is 0 Å². The van der Waals surface area contributed by atoms with Gasteiger partial charge in [-0.05, 0) is 6.92 Å². The molecule has 96 valence electrons. The van der Waals surface area contributed by atoms with Crippen LogP contribution in [0.4, 0.5) is 5.69 Å². The number of benzene rings is 1. The highest BCUT2D eigenvalue weighted by Crippen LogP contribution is 2.42. The summed E-state index contributed by atoms with van der Waals surface area (Å²) < 4.78 is 10.2. The highest BCUT2D eigenvalue weighted by Gasteiger charge is 2.32. The molecule has 6 heteroatoms. The minimum Gasteiger partial charge on any atom is -0.486 e. The molecule has 0 radical (unpaired) electrons. The Hall–Kier alpha value is -2.11. The van der Waals surface area contributed by atoms with Crippen molar-refractivity contribution in [2.75, 3.05) is 13.2 Å². The Morgan fingerprint density at radius 1 is 1.61 bits per heavy atom. The number of hydrogen-bond donors (Lipinski definition) is 0. The van der Waals surface area contributed by atoms with E-state index < -0.39 is 4.92 Å². The molecule has 0 aliphatic carbocycles. The third kappa shape index (κ3) is 2.27. The first-order chi connectivity index (χ1) is 8.63. The van der Waals surface area contributed by atoms with E-state index in [1.807, 2.05) is 0 Å². The van der Waals surface area contributed by atoms with Gasteiger partial charge < -0.3 is 9.47 Å². The van der Waals surface area contributed by atoms with Crippen molar-refractivity contribution in [3.63, 3.8) is 0 Å². The molecule has 1 atom stereocenters. The second kappa shape index (κ2) is 5.03. The summed E-state index contributed by atoms with van der Waals surface area (Å²) >= 11 is 0. The molecule has 0 saturated heterocycles. The van der Waals surface area contributed by atoms with Crippen LogP contribution in [0.1, 0.15) is 24.8 Å². The van der Waals surface area contributed by atoms with Crippen LogP contribution in [0.25, 0.3) is 0 Å². The van der Waals surface area contributed by atoms with Crippen LogP contribution in [-0.4, -0.2) is 24.1 Å².